The van der Waals surface area contributed by atoms with Crippen molar-refractivity contribution in [1.82, 2.24) is 4.98 Å². The van der Waals surface area contributed by atoms with Gasteiger partial charge in [0.2, 0.25) is 0 Å². The van der Waals surface area contributed by atoms with Crippen molar-refractivity contribution < 1.29 is 9.47 Å². The molecule has 3 nitrogen and oxygen atoms in total. The van der Waals surface area contributed by atoms with Crippen molar-refractivity contribution in [3.8, 4) is 5.75 Å². The molecule has 0 radical (unpaired) electrons. The normalized spacial score (nSPS) is 11.5. The monoisotopic (exact) mass is 303 g/mol. The molecule has 0 bridgehead atoms. The molecule has 0 atom stereocenters. The Morgan fingerprint density at radius 1 is 1.38 bits per heavy atom. The first-order chi connectivity index (χ1) is 7.47. The van der Waals surface area contributed by atoms with Gasteiger partial charge in [-0.05, 0) is 28.0 Å². The van der Waals surface area contributed by atoms with E-state index in [-0.39, 0.29) is 0 Å². The van der Waals surface area contributed by atoms with Crippen LogP contribution in [-0.4, -0.2) is 26.5 Å². The maximum absolute atomic E-state index is 5.43. The van der Waals surface area contributed by atoms with Gasteiger partial charge in [0.05, 0.1) is 0 Å². The maximum atomic E-state index is 5.43. The van der Waals surface area contributed by atoms with Crippen molar-refractivity contribution in [2.45, 2.75) is 25.7 Å². The first kappa shape index (κ1) is 13.7. The average Bonchev–Trinajstić information content (AvgIpc) is 2.15. The zero-order valence-electron chi connectivity index (χ0n) is 10.00. The van der Waals surface area contributed by atoms with E-state index in [1.165, 1.54) is 0 Å². The van der Waals surface area contributed by atoms with Gasteiger partial charge < -0.3 is 9.47 Å². The fourth-order valence-electron chi connectivity index (χ4n) is 1.02. The molecule has 5 heteroatoms. The Labute approximate surface area is 106 Å². The van der Waals surface area contributed by atoms with E-state index in [9.17, 15) is 0 Å². The third kappa shape index (κ3) is 6.25. The summed E-state index contributed by atoms with van der Waals surface area (Å²) in [5, 5.41) is 0. The van der Waals surface area contributed by atoms with Crippen LogP contribution in [0, 0.1) is 0 Å². The number of hydrogen-bond acceptors (Lipinski definition) is 3. The summed E-state index contributed by atoms with van der Waals surface area (Å²) < 4.78 is 11.6. The Morgan fingerprint density at radius 3 is 2.75 bits per heavy atom. The predicted octanol–water partition coefficient (Wildman–Crippen LogP) is 3.54. The van der Waals surface area contributed by atoms with Crippen molar-refractivity contribution in [2.24, 2.45) is 0 Å². The quantitative estimate of drug-likeness (QED) is 0.349. The highest BCUT2D eigenvalue weighted by atomic mass is 79.9. The third-order valence-corrected chi connectivity index (χ3v) is 4.14. The van der Waals surface area contributed by atoms with E-state index >= 15 is 0 Å². The molecule has 0 aliphatic carbocycles. The molecule has 1 heterocycles. The molecule has 0 amide bonds. The Bertz CT molecular complexity index is 328. The fraction of sp³-hybridized carbons (Fsp3) is 0.545. The Kier molecular flexibility index (Phi) is 5.44. The molecule has 0 aliphatic rings. The molecule has 1 aromatic rings. The zero-order chi connectivity index (χ0) is 12.0. The molecular weight excluding hydrogens is 286 g/mol. The third-order valence-electron chi connectivity index (χ3n) is 2.00. The lowest BCUT2D eigenvalue weighted by molar-refractivity contribution is 0.0219. The number of halogens is 1. The highest BCUT2D eigenvalue weighted by Crippen LogP contribution is 2.15. The van der Waals surface area contributed by atoms with Gasteiger partial charge in [0.25, 0.3) is 0 Å². The van der Waals surface area contributed by atoms with Crippen LogP contribution in [-0.2, 0) is 4.74 Å². The van der Waals surface area contributed by atoms with Gasteiger partial charge in [0, 0.05) is 26.9 Å². The van der Waals surface area contributed by atoms with Gasteiger partial charge in [0.15, 0.2) is 6.79 Å². The smallest absolute Gasteiger partial charge is 0.189 e. The zero-order valence-corrected chi connectivity index (χ0v) is 12.6. The van der Waals surface area contributed by atoms with Crippen LogP contribution in [0.3, 0.4) is 0 Å². The lowest BCUT2D eigenvalue weighted by atomic mass is 10.5. The van der Waals surface area contributed by atoms with Crippen LogP contribution in [0.25, 0.3) is 0 Å². The van der Waals surface area contributed by atoms with Gasteiger partial charge in [0.1, 0.15) is 10.4 Å². The Balaban J connectivity index is 2.17. The molecule has 0 saturated carbocycles. The first-order valence-corrected chi connectivity index (χ1v) is 9.79. The Morgan fingerprint density at radius 2 is 2.12 bits per heavy atom. The summed E-state index contributed by atoms with van der Waals surface area (Å²) in [5.74, 6) is 0.773. The lowest BCUT2D eigenvalue weighted by Crippen LogP contribution is -2.22. The molecule has 0 aliphatic heterocycles. The highest BCUT2D eigenvalue weighted by molar-refractivity contribution is 9.10. The maximum Gasteiger partial charge on any atom is 0.189 e. The average molecular weight is 304 g/mol. The van der Waals surface area contributed by atoms with Gasteiger partial charge in [-0.3, -0.25) is 0 Å². The number of nitrogens with zero attached hydrogens (tertiary/aromatic N) is 1. The lowest BCUT2D eigenvalue weighted by Gasteiger charge is -2.15. The van der Waals surface area contributed by atoms with Gasteiger partial charge >= 0.3 is 0 Å². The molecule has 0 fully saturated rings. The second-order valence-corrected chi connectivity index (χ2v) is 11.2. The largest absolute Gasteiger partial charge is 0.467 e. The number of pyridine rings is 1. The summed E-state index contributed by atoms with van der Waals surface area (Å²) in [5.41, 5.74) is 0. The molecule has 0 spiro atoms. The fourth-order valence-corrected chi connectivity index (χ4v) is 2.12. The van der Waals surface area contributed by atoms with Crippen LogP contribution >= 0.6 is 15.9 Å². The second kappa shape index (κ2) is 6.37. The molecule has 1 aromatic heterocycles. The first-order valence-electron chi connectivity index (χ1n) is 5.29. The predicted molar refractivity (Wildman–Crippen MR) is 71.5 cm³/mol. The van der Waals surface area contributed by atoms with Crippen LogP contribution in [0.15, 0.2) is 22.9 Å². The summed E-state index contributed by atoms with van der Waals surface area (Å²) in [4.78, 5) is 4.02. The number of hydrogen-bond donors (Lipinski definition) is 0. The van der Waals surface area contributed by atoms with Crippen molar-refractivity contribution in [3.05, 3.63) is 22.9 Å². The topological polar surface area (TPSA) is 31.4 Å². The van der Waals surface area contributed by atoms with E-state index in [0.29, 0.717) is 6.79 Å². The summed E-state index contributed by atoms with van der Waals surface area (Å²) in [7, 11) is -0.993. The Hall–Kier alpha value is -0.393. The van der Waals surface area contributed by atoms with Gasteiger partial charge in [-0.15, -0.1) is 0 Å². The highest BCUT2D eigenvalue weighted by Gasteiger charge is 2.11. The molecule has 0 aromatic carbocycles. The van der Waals surface area contributed by atoms with Gasteiger partial charge in [-0.2, -0.15) is 0 Å². The van der Waals surface area contributed by atoms with Crippen molar-refractivity contribution in [1.29, 1.82) is 0 Å². The molecule has 0 saturated heterocycles. The standard InChI is InChI=1S/C11H18BrNO2Si/c1-16(2,3)7-6-14-9-15-10-4-5-13-11(12)8-10/h4-5,8H,6-7,9H2,1-3H3. The molecule has 0 N–H and O–H groups in total. The SMILES string of the molecule is C[Si](C)(C)CCOCOc1ccnc(Br)c1. The number of aromatic nitrogens is 1. The molecule has 0 unspecified atom stereocenters. The summed E-state index contributed by atoms with van der Waals surface area (Å²) in [6, 6.07) is 4.80. The minimum Gasteiger partial charge on any atom is -0.467 e. The van der Waals surface area contributed by atoms with Gasteiger partial charge in [-0.25, -0.2) is 4.98 Å². The van der Waals surface area contributed by atoms with Crippen molar-refractivity contribution in [2.75, 3.05) is 13.4 Å². The van der Waals surface area contributed by atoms with Crippen molar-refractivity contribution in [3.63, 3.8) is 0 Å². The summed E-state index contributed by atoms with van der Waals surface area (Å²) in [6.07, 6.45) is 1.70. The van der Waals surface area contributed by atoms with E-state index in [4.69, 9.17) is 9.47 Å². The second-order valence-electron chi connectivity index (χ2n) is 4.80. The minimum absolute atomic E-state index is 0.306. The molecule has 16 heavy (non-hydrogen) atoms. The number of ether oxygens (including phenoxy) is 2. The van der Waals surface area contributed by atoms with Crippen LogP contribution in [0.4, 0.5) is 0 Å². The molecule has 90 valence electrons. The van der Waals surface area contributed by atoms with E-state index in [1.807, 2.05) is 12.1 Å². The van der Waals surface area contributed by atoms with Gasteiger partial charge in [-0.1, -0.05) is 19.6 Å². The van der Waals surface area contributed by atoms with E-state index in [0.717, 1.165) is 23.0 Å². The van der Waals surface area contributed by atoms with Crippen LogP contribution in [0.1, 0.15) is 0 Å². The van der Waals surface area contributed by atoms with E-state index < -0.39 is 8.07 Å². The van der Waals surface area contributed by atoms with Crippen LogP contribution in [0.2, 0.25) is 25.7 Å². The van der Waals surface area contributed by atoms with E-state index in [2.05, 4.69) is 40.6 Å². The van der Waals surface area contributed by atoms with Crippen LogP contribution in [0.5, 0.6) is 5.75 Å². The summed E-state index contributed by atoms with van der Waals surface area (Å²) in [6.45, 7) is 8.08. The number of rotatable bonds is 6. The van der Waals surface area contributed by atoms with Crippen LogP contribution < -0.4 is 4.74 Å². The van der Waals surface area contributed by atoms with E-state index in [1.54, 1.807) is 6.20 Å². The molecular formula is C11H18BrNO2Si. The summed E-state index contributed by atoms with van der Waals surface area (Å²) >= 11 is 3.28. The molecule has 1 rings (SSSR count). The van der Waals surface area contributed by atoms with Crippen molar-refractivity contribution >= 4 is 24.0 Å². The minimum atomic E-state index is -0.993.